The molecule has 12 heavy (non-hydrogen) atoms. The molecule has 0 saturated carbocycles. The summed E-state index contributed by atoms with van der Waals surface area (Å²) in [5.41, 5.74) is 6.37. The van der Waals surface area contributed by atoms with Gasteiger partial charge in [0.05, 0.1) is 7.11 Å². The van der Waals surface area contributed by atoms with Crippen molar-refractivity contribution in [1.29, 1.82) is 0 Å². The Bertz CT molecular complexity index is 223. The molecule has 2 unspecified atom stereocenters. The second kappa shape index (κ2) is 3.29. The Balaban J connectivity index is 2.09. The first kappa shape index (κ1) is 7.83. The van der Waals surface area contributed by atoms with E-state index in [4.69, 9.17) is 4.74 Å². The van der Waals surface area contributed by atoms with Gasteiger partial charge in [-0.3, -0.25) is 10.9 Å². The number of rotatable bonds is 1. The Kier molecular flexibility index (Phi) is 2.15. The van der Waals surface area contributed by atoms with E-state index in [1.54, 1.807) is 7.11 Å². The average Bonchev–Trinajstić information content (AvgIpc) is 2.17. The monoisotopic (exact) mass is 166 g/mol. The van der Waals surface area contributed by atoms with E-state index in [0.29, 0.717) is 12.0 Å². The molecule has 2 atom stereocenters. The van der Waals surface area contributed by atoms with Gasteiger partial charge in [0.2, 0.25) is 0 Å². The van der Waals surface area contributed by atoms with Crippen molar-refractivity contribution >= 4 is 0 Å². The van der Waals surface area contributed by atoms with Crippen LogP contribution in [0.25, 0.3) is 0 Å². The lowest BCUT2D eigenvalue weighted by Crippen LogP contribution is -2.50. The number of hydrazine groups is 1. The minimum atomic E-state index is 0.442. The van der Waals surface area contributed by atoms with E-state index >= 15 is 0 Å². The molecule has 1 heterocycles. The van der Waals surface area contributed by atoms with E-state index in [1.807, 2.05) is 6.08 Å². The number of methoxy groups -OCH3 is 1. The summed E-state index contributed by atoms with van der Waals surface area (Å²) in [5.74, 6) is 1.58. The predicted molar refractivity (Wildman–Crippen MR) is 47.3 cm³/mol. The molecule has 1 saturated heterocycles. The van der Waals surface area contributed by atoms with Gasteiger partial charge in [0, 0.05) is 18.5 Å². The van der Waals surface area contributed by atoms with Gasteiger partial charge in [0.25, 0.3) is 0 Å². The lowest BCUT2D eigenvalue weighted by atomic mass is 9.90. The van der Waals surface area contributed by atoms with Crippen LogP contribution in [0.5, 0.6) is 0 Å². The van der Waals surface area contributed by atoms with Crippen molar-refractivity contribution in [2.24, 2.45) is 5.92 Å². The number of fused-ring (bicyclic) bond motifs is 1. The number of ether oxygens (including phenoxy) is 1. The molecule has 3 nitrogen and oxygen atoms in total. The Morgan fingerprint density at radius 3 is 3.33 bits per heavy atom. The van der Waals surface area contributed by atoms with E-state index in [9.17, 15) is 0 Å². The minimum Gasteiger partial charge on any atom is -0.497 e. The molecule has 0 aromatic rings. The second-order valence-corrected chi connectivity index (χ2v) is 3.18. The first-order chi connectivity index (χ1) is 5.90. The molecule has 1 fully saturated rings. The number of allylic oxidation sites excluding steroid dienone is 1. The molecule has 0 spiro atoms. The average molecular weight is 166 g/mol. The smallest absolute Gasteiger partial charge is 0.114 e. The van der Waals surface area contributed by atoms with Gasteiger partial charge in [-0.2, -0.15) is 0 Å². The van der Waals surface area contributed by atoms with Crippen molar-refractivity contribution in [3.8, 4) is 0 Å². The summed E-state index contributed by atoms with van der Waals surface area (Å²) < 4.78 is 5.17. The van der Waals surface area contributed by atoms with Crippen molar-refractivity contribution in [3.63, 3.8) is 0 Å². The van der Waals surface area contributed by atoms with Crippen molar-refractivity contribution in [1.82, 2.24) is 10.9 Å². The highest BCUT2D eigenvalue weighted by Gasteiger charge is 2.23. The van der Waals surface area contributed by atoms with Crippen LogP contribution in [0.2, 0.25) is 0 Å². The lowest BCUT2D eigenvalue weighted by Gasteiger charge is -2.31. The van der Waals surface area contributed by atoms with Crippen LogP contribution in [-0.4, -0.2) is 19.7 Å². The van der Waals surface area contributed by atoms with Crippen LogP contribution in [0.4, 0.5) is 0 Å². The Morgan fingerprint density at radius 1 is 1.58 bits per heavy atom. The van der Waals surface area contributed by atoms with Gasteiger partial charge in [-0.1, -0.05) is 6.08 Å². The van der Waals surface area contributed by atoms with Gasteiger partial charge in [0.15, 0.2) is 0 Å². The molecule has 0 aromatic heterocycles. The summed E-state index contributed by atoms with van der Waals surface area (Å²) in [4.78, 5) is 0. The van der Waals surface area contributed by atoms with Crippen molar-refractivity contribution in [3.05, 3.63) is 24.0 Å². The van der Waals surface area contributed by atoms with Crippen LogP contribution in [-0.2, 0) is 4.74 Å². The molecule has 3 heteroatoms. The Hall–Kier alpha value is -0.800. The zero-order valence-electron chi connectivity index (χ0n) is 7.21. The summed E-state index contributed by atoms with van der Waals surface area (Å²) in [5, 5.41) is 0. The molecule has 1 aliphatic carbocycles. The third-order valence-electron chi connectivity index (χ3n) is 2.41. The van der Waals surface area contributed by atoms with Crippen LogP contribution in [0.15, 0.2) is 24.0 Å². The van der Waals surface area contributed by atoms with Crippen molar-refractivity contribution in [2.45, 2.75) is 12.5 Å². The van der Waals surface area contributed by atoms with Crippen molar-refractivity contribution in [2.75, 3.05) is 13.7 Å². The van der Waals surface area contributed by atoms with Gasteiger partial charge in [-0.25, -0.2) is 0 Å². The molecule has 0 aromatic carbocycles. The van der Waals surface area contributed by atoms with Crippen LogP contribution in [0, 0.1) is 5.92 Å². The first-order valence-electron chi connectivity index (χ1n) is 4.32. The van der Waals surface area contributed by atoms with Gasteiger partial charge in [-0.15, -0.1) is 0 Å². The molecule has 0 radical (unpaired) electrons. The SMILES string of the molecule is COC1=CC2CCNNC2C=C1. The third kappa shape index (κ3) is 1.38. The highest BCUT2D eigenvalue weighted by Crippen LogP contribution is 2.21. The van der Waals surface area contributed by atoms with E-state index in [1.165, 1.54) is 6.42 Å². The molecule has 0 bridgehead atoms. The molecule has 2 N–H and O–H groups in total. The molecular formula is C9H14N2O. The highest BCUT2D eigenvalue weighted by molar-refractivity contribution is 5.23. The maximum atomic E-state index is 5.17. The largest absolute Gasteiger partial charge is 0.497 e. The molecule has 66 valence electrons. The molecular weight excluding hydrogens is 152 g/mol. The molecule has 0 amide bonds. The normalized spacial score (nSPS) is 33.9. The van der Waals surface area contributed by atoms with E-state index in [-0.39, 0.29) is 0 Å². The van der Waals surface area contributed by atoms with Crippen LogP contribution in [0.1, 0.15) is 6.42 Å². The number of hydrogen-bond acceptors (Lipinski definition) is 3. The Labute approximate surface area is 72.5 Å². The fourth-order valence-electron chi connectivity index (χ4n) is 1.69. The third-order valence-corrected chi connectivity index (χ3v) is 2.41. The van der Waals surface area contributed by atoms with Gasteiger partial charge in [0.1, 0.15) is 5.76 Å². The van der Waals surface area contributed by atoms with Gasteiger partial charge >= 0.3 is 0 Å². The van der Waals surface area contributed by atoms with E-state index in [0.717, 1.165) is 12.3 Å². The quantitative estimate of drug-likeness (QED) is 0.597. The Morgan fingerprint density at radius 2 is 2.50 bits per heavy atom. The summed E-state index contributed by atoms with van der Waals surface area (Å²) >= 11 is 0. The fourth-order valence-corrected chi connectivity index (χ4v) is 1.69. The van der Waals surface area contributed by atoms with Gasteiger partial charge < -0.3 is 4.74 Å². The van der Waals surface area contributed by atoms with E-state index < -0.39 is 0 Å². The van der Waals surface area contributed by atoms with Gasteiger partial charge in [-0.05, 0) is 18.6 Å². The maximum Gasteiger partial charge on any atom is 0.114 e. The molecule has 2 aliphatic rings. The number of hydrogen-bond donors (Lipinski definition) is 2. The first-order valence-corrected chi connectivity index (χ1v) is 4.32. The van der Waals surface area contributed by atoms with Crippen LogP contribution < -0.4 is 10.9 Å². The predicted octanol–water partition coefficient (Wildman–Crippen LogP) is 0.569. The molecule has 2 rings (SSSR count). The standard InChI is InChI=1S/C9H14N2O/c1-12-8-2-3-9-7(6-8)4-5-10-11-9/h2-3,6-7,9-11H,4-5H2,1H3. The minimum absolute atomic E-state index is 0.442. The zero-order valence-corrected chi connectivity index (χ0v) is 7.21. The zero-order chi connectivity index (χ0) is 8.39. The van der Waals surface area contributed by atoms with Crippen LogP contribution >= 0.6 is 0 Å². The van der Waals surface area contributed by atoms with Crippen molar-refractivity contribution < 1.29 is 4.74 Å². The number of nitrogens with one attached hydrogen (secondary N) is 2. The topological polar surface area (TPSA) is 33.3 Å². The van der Waals surface area contributed by atoms with Crippen LogP contribution in [0.3, 0.4) is 0 Å². The summed E-state index contributed by atoms with van der Waals surface area (Å²) in [6.07, 6.45) is 7.53. The highest BCUT2D eigenvalue weighted by atomic mass is 16.5. The lowest BCUT2D eigenvalue weighted by molar-refractivity contribution is 0.274. The summed E-state index contributed by atoms with van der Waals surface area (Å²) in [6, 6.07) is 0.442. The maximum absolute atomic E-state index is 5.17. The summed E-state index contributed by atoms with van der Waals surface area (Å²) in [6.45, 7) is 1.03. The molecule has 1 aliphatic heterocycles. The fraction of sp³-hybridized carbons (Fsp3) is 0.556. The second-order valence-electron chi connectivity index (χ2n) is 3.18. The van der Waals surface area contributed by atoms with E-state index in [2.05, 4.69) is 23.0 Å². The summed E-state index contributed by atoms with van der Waals surface area (Å²) in [7, 11) is 1.71.